The van der Waals surface area contributed by atoms with E-state index >= 15 is 0 Å². The Hall–Kier alpha value is -1.71. The van der Waals surface area contributed by atoms with E-state index in [0.717, 1.165) is 24.8 Å². The summed E-state index contributed by atoms with van der Waals surface area (Å²) in [7, 11) is 0. The predicted octanol–water partition coefficient (Wildman–Crippen LogP) is 3.05. The minimum absolute atomic E-state index is 0.0386. The lowest BCUT2D eigenvalue weighted by molar-refractivity contribution is -0.484. The van der Waals surface area contributed by atoms with E-state index in [1.165, 1.54) is 0 Å². The fraction of sp³-hybridized carbons (Fsp3) is 0.533. The van der Waals surface area contributed by atoms with Crippen molar-refractivity contribution in [1.29, 1.82) is 0 Å². The van der Waals surface area contributed by atoms with Crippen LogP contribution in [0.1, 0.15) is 37.7 Å². The number of carbonyl (C=O) groups is 1. The Morgan fingerprint density at radius 3 is 2.63 bits per heavy atom. The molecule has 2 rings (SSSR count). The first-order valence-corrected chi connectivity index (χ1v) is 6.80. The number of rotatable bonds is 4. The number of ketones is 1. The van der Waals surface area contributed by atoms with Gasteiger partial charge in [0.05, 0.1) is 5.92 Å². The number of Topliss-reactive ketones (excluding diaryl/α,β-unsaturated/α-hetero) is 1. The number of carbonyl (C=O) groups excluding carboxylic acids is 1. The fourth-order valence-electron chi connectivity index (χ4n) is 3.02. The highest BCUT2D eigenvalue weighted by molar-refractivity contribution is 5.84. The molecule has 1 saturated carbocycles. The first-order valence-electron chi connectivity index (χ1n) is 6.80. The highest BCUT2D eigenvalue weighted by Crippen LogP contribution is 2.36. The smallest absolute Gasteiger partial charge is 0.211 e. The van der Waals surface area contributed by atoms with Crippen LogP contribution in [0.25, 0.3) is 0 Å². The van der Waals surface area contributed by atoms with Gasteiger partial charge in [-0.3, -0.25) is 14.9 Å². The Morgan fingerprint density at radius 2 is 2.00 bits per heavy atom. The quantitative estimate of drug-likeness (QED) is 0.618. The molecule has 0 heterocycles. The van der Waals surface area contributed by atoms with Crippen LogP contribution in [0, 0.1) is 22.0 Å². The summed E-state index contributed by atoms with van der Waals surface area (Å²) in [4.78, 5) is 22.9. The molecule has 1 aromatic rings. The molecule has 0 aliphatic heterocycles. The average Bonchev–Trinajstić information content (AvgIpc) is 2.40. The standard InChI is InChI=1S/C15H19NO3/c1-11-6-5-9-13(15(11)17)14(10-16(18)19)12-7-3-2-4-8-12/h2-4,7-8,11,13-14H,5-6,9-10H2,1H3. The summed E-state index contributed by atoms with van der Waals surface area (Å²) >= 11 is 0. The van der Waals surface area contributed by atoms with Crippen LogP contribution >= 0.6 is 0 Å². The number of benzene rings is 1. The molecule has 0 spiro atoms. The molecule has 1 fully saturated rings. The summed E-state index contributed by atoms with van der Waals surface area (Å²) in [5.41, 5.74) is 0.909. The zero-order valence-corrected chi connectivity index (χ0v) is 11.1. The van der Waals surface area contributed by atoms with E-state index in [0.29, 0.717) is 0 Å². The highest BCUT2D eigenvalue weighted by atomic mass is 16.6. The van der Waals surface area contributed by atoms with Crippen molar-refractivity contribution in [3.8, 4) is 0 Å². The summed E-state index contributed by atoms with van der Waals surface area (Å²) in [5, 5.41) is 10.9. The molecule has 0 amide bonds. The zero-order chi connectivity index (χ0) is 13.8. The van der Waals surface area contributed by atoms with Gasteiger partial charge in [0.15, 0.2) is 0 Å². The normalized spacial score (nSPS) is 25.0. The molecule has 0 radical (unpaired) electrons. The van der Waals surface area contributed by atoms with Crippen molar-refractivity contribution >= 4 is 5.78 Å². The van der Waals surface area contributed by atoms with Gasteiger partial charge >= 0.3 is 0 Å². The van der Waals surface area contributed by atoms with Gasteiger partial charge in [-0.15, -0.1) is 0 Å². The Balaban J connectivity index is 2.27. The third-order valence-corrected chi connectivity index (χ3v) is 4.06. The summed E-state index contributed by atoms with van der Waals surface area (Å²) < 4.78 is 0. The molecular weight excluding hydrogens is 242 g/mol. The molecule has 102 valence electrons. The van der Waals surface area contributed by atoms with Gasteiger partial charge in [0, 0.05) is 16.8 Å². The Bertz CT molecular complexity index is 458. The number of nitro groups is 1. The summed E-state index contributed by atoms with van der Waals surface area (Å²) in [6.07, 6.45) is 2.67. The second-order valence-electron chi connectivity index (χ2n) is 5.37. The number of hydrogen-bond donors (Lipinski definition) is 0. The van der Waals surface area contributed by atoms with Crippen molar-refractivity contribution in [3.05, 3.63) is 46.0 Å². The molecule has 3 atom stereocenters. The molecule has 1 aromatic carbocycles. The SMILES string of the molecule is CC1CCCC(C(C[N+](=O)[O-])c2ccccc2)C1=O. The maximum Gasteiger partial charge on any atom is 0.211 e. The minimum atomic E-state index is -0.301. The zero-order valence-electron chi connectivity index (χ0n) is 11.1. The Kier molecular flexibility index (Phi) is 4.30. The first kappa shape index (κ1) is 13.7. The lowest BCUT2D eigenvalue weighted by Gasteiger charge is -2.30. The molecule has 0 aromatic heterocycles. The van der Waals surface area contributed by atoms with Gasteiger partial charge in [-0.2, -0.15) is 0 Å². The summed E-state index contributed by atoms with van der Waals surface area (Å²) in [5.74, 6) is -0.248. The summed E-state index contributed by atoms with van der Waals surface area (Å²) in [6, 6.07) is 9.41. The van der Waals surface area contributed by atoms with Crippen LogP contribution in [0.3, 0.4) is 0 Å². The average molecular weight is 261 g/mol. The van der Waals surface area contributed by atoms with Gasteiger partial charge in [0.25, 0.3) is 0 Å². The lowest BCUT2D eigenvalue weighted by Crippen LogP contribution is -2.34. The summed E-state index contributed by atoms with van der Waals surface area (Å²) in [6.45, 7) is 1.77. The van der Waals surface area contributed by atoms with Crippen LogP contribution in [-0.2, 0) is 4.79 Å². The van der Waals surface area contributed by atoms with E-state index in [1.807, 2.05) is 37.3 Å². The van der Waals surface area contributed by atoms with Gasteiger partial charge in [-0.25, -0.2) is 0 Å². The van der Waals surface area contributed by atoms with Gasteiger partial charge in [-0.1, -0.05) is 43.7 Å². The highest BCUT2D eigenvalue weighted by Gasteiger charge is 2.37. The largest absolute Gasteiger partial charge is 0.299 e. The molecule has 4 nitrogen and oxygen atoms in total. The molecular formula is C15H19NO3. The third-order valence-electron chi connectivity index (χ3n) is 4.06. The number of hydrogen-bond acceptors (Lipinski definition) is 3. The van der Waals surface area contributed by atoms with Crippen LogP contribution < -0.4 is 0 Å². The Labute approximate surface area is 113 Å². The molecule has 0 saturated heterocycles. The maximum absolute atomic E-state index is 12.3. The van der Waals surface area contributed by atoms with Crippen molar-refractivity contribution in [3.63, 3.8) is 0 Å². The topological polar surface area (TPSA) is 60.2 Å². The van der Waals surface area contributed by atoms with E-state index in [-0.39, 0.29) is 35.0 Å². The van der Waals surface area contributed by atoms with Crippen LogP contribution in [0.2, 0.25) is 0 Å². The first-order chi connectivity index (χ1) is 9.09. The molecule has 1 aliphatic rings. The van der Waals surface area contributed by atoms with Crippen LogP contribution in [0.5, 0.6) is 0 Å². The lowest BCUT2D eigenvalue weighted by atomic mass is 9.72. The van der Waals surface area contributed by atoms with Crippen molar-refractivity contribution in [2.24, 2.45) is 11.8 Å². The molecule has 19 heavy (non-hydrogen) atoms. The molecule has 1 aliphatic carbocycles. The third kappa shape index (κ3) is 3.19. The van der Waals surface area contributed by atoms with Crippen LogP contribution in [0.4, 0.5) is 0 Å². The van der Waals surface area contributed by atoms with Crippen molar-refractivity contribution in [2.45, 2.75) is 32.1 Å². The minimum Gasteiger partial charge on any atom is -0.299 e. The monoisotopic (exact) mass is 261 g/mol. The van der Waals surface area contributed by atoms with E-state index in [2.05, 4.69) is 0 Å². The van der Waals surface area contributed by atoms with Crippen molar-refractivity contribution in [1.82, 2.24) is 0 Å². The van der Waals surface area contributed by atoms with Crippen molar-refractivity contribution in [2.75, 3.05) is 6.54 Å². The second kappa shape index (κ2) is 5.95. The van der Waals surface area contributed by atoms with E-state index in [1.54, 1.807) is 0 Å². The van der Waals surface area contributed by atoms with E-state index in [4.69, 9.17) is 0 Å². The fourth-order valence-corrected chi connectivity index (χ4v) is 3.02. The van der Waals surface area contributed by atoms with Gasteiger partial charge in [0.1, 0.15) is 5.78 Å². The number of nitrogens with zero attached hydrogens (tertiary/aromatic N) is 1. The molecule has 4 heteroatoms. The van der Waals surface area contributed by atoms with Gasteiger partial charge < -0.3 is 0 Å². The van der Waals surface area contributed by atoms with E-state index < -0.39 is 0 Å². The molecule has 0 N–H and O–H groups in total. The predicted molar refractivity (Wildman–Crippen MR) is 72.6 cm³/mol. The Morgan fingerprint density at radius 1 is 1.32 bits per heavy atom. The van der Waals surface area contributed by atoms with Crippen molar-refractivity contribution < 1.29 is 9.72 Å². The van der Waals surface area contributed by atoms with Crippen LogP contribution in [-0.4, -0.2) is 17.3 Å². The van der Waals surface area contributed by atoms with Gasteiger partial charge in [0.2, 0.25) is 6.54 Å². The van der Waals surface area contributed by atoms with E-state index in [9.17, 15) is 14.9 Å². The molecule has 0 bridgehead atoms. The maximum atomic E-state index is 12.3. The molecule has 3 unspecified atom stereocenters. The van der Waals surface area contributed by atoms with Crippen LogP contribution in [0.15, 0.2) is 30.3 Å². The second-order valence-corrected chi connectivity index (χ2v) is 5.37. The van der Waals surface area contributed by atoms with Gasteiger partial charge in [-0.05, 0) is 18.4 Å².